The molecule has 186 valence electrons. The number of nitrogens with zero attached hydrogens (tertiary/aromatic N) is 2. The highest BCUT2D eigenvalue weighted by Gasteiger charge is 2.59. The Labute approximate surface area is 200 Å². The normalized spacial score (nSPS) is 17.7. The number of piperidine rings is 1. The van der Waals surface area contributed by atoms with Gasteiger partial charge in [0.05, 0.1) is 6.61 Å². The summed E-state index contributed by atoms with van der Waals surface area (Å²) in [5.74, 6) is -0.778. The highest BCUT2D eigenvalue weighted by atomic mass is 35.5. The molecule has 2 N–H and O–H groups in total. The van der Waals surface area contributed by atoms with Gasteiger partial charge < -0.3 is 24.6 Å². The van der Waals surface area contributed by atoms with Crippen LogP contribution in [0.5, 0.6) is 5.75 Å². The molecule has 0 bridgehead atoms. The van der Waals surface area contributed by atoms with Crippen LogP contribution in [0.2, 0.25) is 5.02 Å². The maximum Gasteiger partial charge on any atom is 0.506 e. The molecular formula is C23H26ClF3N2O5. The highest BCUT2D eigenvalue weighted by molar-refractivity contribution is 6.31. The first kappa shape index (κ1) is 25.9. The van der Waals surface area contributed by atoms with Gasteiger partial charge in [-0.3, -0.25) is 0 Å². The molecule has 0 spiro atoms. The quantitative estimate of drug-likeness (QED) is 0.493. The molecular weight excluding hydrogens is 477 g/mol. The lowest BCUT2D eigenvalue weighted by molar-refractivity contribution is -0.274. The van der Waals surface area contributed by atoms with E-state index in [2.05, 4.69) is 4.98 Å². The number of carboxylic acid groups (broad SMARTS) is 1. The lowest BCUT2D eigenvalue weighted by Gasteiger charge is -2.38. The molecule has 34 heavy (non-hydrogen) atoms. The average Bonchev–Trinajstić information content (AvgIpc) is 2.78. The highest BCUT2D eigenvalue weighted by Crippen LogP contribution is 2.50. The standard InChI is InChI=1S/C23H26ClF3N2O5/c1-3-33-17-4-5-18(19(24)13-17)14(2)22(32,23(25,26)27)15-6-9-28-20(12-15)29-10-7-16(8-11-29)34-21(30)31/h4-6,9,12-14,16,32H,3,7-8,10-11H2,1-2H3,(H,30,31). The number of ether oxygens (including phenoxy) is 2. The summed E-state index contributed by atoms with van der Waals surface area (Å²) < 4.78 is 53.3. The fourth-order valence-electron chi connectivity index (χ4n) is 4.17. The molecule has 3 rings (SSSR count). The van der Waals surface area contributed by atoms with Crippen LogP contribution in [-0.2, 0) is 10.3 Å². The predicted octanol–water partition coefficient (Wildman–Crippen LogP) is 5.35. The number of aromatic nitrogens is 1. The monoisotopic (exact) mass is 502 g/mol. The predicted molar refractivity (Wildman–Crippen MR) is 120 cm³/mol. The van der Waals surface area contributed by atoms with E-state index in [1.165, 1.54) is 37.4 Å². The molecule has 7 nitrogen and oxygen atoms in total. The van der Waals surface area contributed by atoms with E-state index in [0.717, 1.165) is 6.07 Å². The minimum atomic E-state index is -5.02. The van der Waals surface area contributed by atoms with Gasteiger partial charge in [-0.1, -0.05) is 24.6 Å². The molecule has 0 radical (unpaired) electrons. The lowest BCUT2D eigenvalue weighted by Crippen LogP contribution is -2.47. The number of hydrogen-bond donors (Lipinski definition) is 2. The number of halogens is 4. The molecule has 2 heterocycles. The molecule has 1 aromatic carbocycles. The van der Waals surface area contributed by atoms with Crippen molar-refractivity contribution in [3.63, 3.8) is 0 Å². The van der Waals surface area contributed by atoms with Crippen LogP contribution < -0.4 is 9.64 Å². The number of hydrogen-bond acceptors (Lipinski definition) is 6. The number of benzene rings is 1. The average molecular weight is 503 g/mol. The van der Waals surface area contributed by atoms with Gasteiger partial charge in [0.1, 0.15) is 17.7 Å². The van der Waals surface area contributed by atoms with Crippen LogP contribution in [0.25, 0.3) is 0 Å². The van der Waals surface area contributed by atoms with Gasteiger partial charge in [0.2, 0.25) is 0 Å². The Balaban J connectivity index is 1.92. The Bertz CT molecular complexity index is 1010. The molecule has 2 aromatic rings. The molecule has 0 amide bonds. The van der Waals surface area contributed by atoms with Gasteiger partial charge in [0, 0.05) is 43.1 Å². The first-order valence-corrected chi connectivity index (χ1v) is 11.2. The van der Waals surface area contributed by atoms with Crippen LogP contribution in [0.15, 0.2) is 36.5 Å². The zero-order chi connectivity index (χ0) is 25.1. The Morgan fingerprint density at radius 3 is 2.50 bits per heavy atom. The molecule has 1 aliphatic heterocycles. The topological polar surface area (TPSA) is 92.1 Å². The molecule has 0 saturated carbocycles. The number of carbonyl (C=O) groups is 1. The number of rotatable bonds is 7. The SMILES string of the molecule is CCOc1ccc(C(C)C(O)(c2ccnc(N3CCC(OC(=O)O)CC3)c2)C(F)(F)F)c(Cl)c1. The molecule has 1 aliphatic rings. The number of anilines is 1. The van der Waals surface area contributed by atoms with Crippen molar-refractivity contribution in [3.8, 4) is 5.75 Å². The third kappa shape index (κ3) is 5.33. The van der Waals surface area contributed by atoms with E-state index >= 15 is 0 Å². The van der Waals surface area contributed by atoms with Gasteiger partial charge in [0.15, 0.2) is 5.60 Å². The minimum absolute atomic E-state index is 0.0518. The fraction of sp³-hybridized carbons (Fsp3) is 0.478. The molecule has 1 saturated heterocycles. The van der Waals surface area contributed by atoms with Crippen LogP contribution in [0.1, 0.15) is 43.7 Å². The van der Waals surface area contributed by atoms with E-state index in [4.69, 9.17) is 26.2 Å². The van der Waals surface area contributed by atoms with E-state index in [0.29, 0.717) is 38.3 Å². The summed E-state index contributed by atoms with van der Waals surface area (Å²) in [7, 11) is 0. The van der Waals surface area contributed by atoms with Crippen molar-refractivity contribution in [1.29, 1.82) is 0 Å². The lowest BCUT2D eigenvalue weighted by atomic mass is 9.78. The van der Waals surface area contributed by atoms with Crippen molar-refractivity contribution in [2.24, 2.45) is 0 Å². The first-order chi connectivity index (χ1) is 16.0. The Kier molecular flexibility index (Phi) is 7.82. The van der Waals surface area contributed by atoms with Gasteiger partial charge in [-0.2, -0.15) is 13.2 Å². The van der Waals surface area contributed by atoms with Crippen molar-refractivity contribution < 1.29 is 37.7 Å². The van der Waals surface area contributed by atoms with E-state index < -0.39 is 30.0 Å². The Hall–Kier alpha value is -2.72. The summed E-state index contributed by atoms with van der Waals surface area (Å²) >= 11 is 6.27. The Morgan fingerprint density at radius 2 is 1.94 bits per heavy atom. The Morgan fingerprint density at radius 1 is 1.26 bits per heavy atom. The van der Waals surface area contributed by atoms with Crippen LogP contribution >= 0.6 is 11.6 Å². The van der Waals surface area contributed by atoms with Gasteiger partial charge in [-0.15, -0.1) is 0 Å². The van der Waals surface area contributed by atoms with Crippen molar-refractivity contribution >= 4 is 23.6 Å². The molecule has 2 atom stereocenters. The smallest absolute Gasteiger partial charge is 0.494 e. The second kappa shape index (κ2) is 10.3. The number of pyridine rings is 1. The van der Waals surface area contributed by atoms with Gasteiger partial charge in [-0.05, 0) is 42.3 Å². The fourth-order valence-corrected chi connectivity index (χ4v) is 4.51. The third-order valence-corrected chi connectivity index (χ3v) is 6.35. The summed E-state index contributed by atoms with van der Waals surface area (Å²) in [6, 6.07) is 6.71. The number of aliphatic hydroxyl groups is 1. The second-order valence-electron chi connectivity index (χ2n) is 8.08. The molecule has 11 heteroatoms. The van der Waals surface area contributed by atoms with Crippen molar-refractivity contribution in [1.82, 2.24) is 4.98 Å². The summed E-state index contributed by atoms with van der Waals surface area (Å²) in [4.78, 5) is 16.6. The third-order valence-electron chi connectivity index (χ3n) is 6.03. The summed E-state index contributed by atoms with van der Waals surface area (Å²) in [6.45, 7) is 4.11. The van der Waals surface area contributed by atoms with E-state index in [9.17, 15) is 23.1 Å². The largest absolute Gasteiger partial charge is 0.506 e. The van der Waals surface area contributed by atoms with Crippen molar-refractivity contribution in [2.75, 3.05) is 24.6 Å². The van der Waals surface area contributed by atoms with Gasteiger partial charge in [0.25, 0.3) is 0 Å². The van der Waals surface area contributed by atoms with E-state index in [1.807, 2.05) is 0 Å². The zero-order valence-electron chi connectivity index (χ0n) is 18.7. The molecule has 0 aliphatic carbocycles. The molecule has 1 fully saturated rings. The maximum atomic E-state index is 14.4. The molecule has 1 aromatic heterocycles. The van der Waals surface area contributed by atoms with Crippen LogP contribution in [0, 0.1) is 0 Å². The maximum absolute atomic E-state index is 14.4. The zero-order valence-corrected chi connectivity index (χ0v) is 19.4. The van der Waals surface area contributed by atoms with Crippen molar-refractivity contribution in [3.05, 3.63) is 52.7 Å². The number of alkyl halides is 3. The van der Waals surface area contributed by atoms with E-state index in [-0.39, 0.29) is 22.0 Å². The summed E-state index contributed by atoms with van der Waals surface area (Å²) in [6.07, 6.45) is -4.90. The van der Waals surface area contributed by atoms with Crippen LogP contribution in [0.4, 0.5) is 23.8 Å². The summed E-state index contributed by atoms with van der Waals surface area (Å²) in [5.41, 5.74) is -3.49. The summed E-state index contributed by atoms with van der Waals surface area (Å²) in [5, 5.41) is 20.0. The molecule has 2 unspecified atom stereocenters. The first-order valence-electron chi connectivity index (χ1n) is 10.8. The van der Waals surface area contributed by atoms with E-state index in [1.54, 1.807) is 11.8 Å². The van der Waals surface area contributed by atoms with Gasteiger partial charge in [-0.25, -0.2) is 9.78 Å². The van der Waals surface area contributed by atoms with Crippen molar-refractivity contribution in [2.45, 2.75) is 50.5 Å². The minimum Gasteiger partial charge on any atom is -0.494 e. The van der Waals surface area contributed by atoms with Gasteiger partial charge >= 0.3 is 12.3 Å². The van der Waals surface area contributed by atoms with Crippen LogP contribution in [0.3, 0.4) is 0 Å². The second-order valence-corrected chi connectivity index (χ2v) is 8.48. The van der Waals surface area contributed by atoms with Crippen LogP contribution in [-0.4, -0.2) is 53.3 Å².